The van der Waals surface area contributed by atoms with Crippen LogP contribution in [-0.2, 0) is 0 Å². The number of ether oxygens (including phenoxy) is 1. The van der Waals surface area contributed by atoms with Crippen LogP contribution in [0.2, 0.25) is 0 Å². The lowest BCUT2D eigenvalue weighted by atomic mass is 9.77. The maximum atomic E-state index is 6.73. The van der Waals surface area contributed by atoms with E-state index >= 15 is 0 Å². The molecule has 1 aromatic rings. The highest BCUT2D eigenvalue weighted by atomic mass is 35.5. The molecule has 1 fully saturated rings. The van der Waals surface area contributed by atoms with Crippen LogP contribution in [-0.4, -0.2) is 6.61 Å². The highest BCUT2D eigenvalue weighted by Gasteiger charge is 2.27. The number of alkyl halides is 1. The van der Waals surface area contributed by atoms with E-state index in [2.05, 4.69) is 19.1 Å². The predicted molar refractivity (Wildman–Crippen MR) is 91.2 cm³/mol. The summed E-state index contributed by atoms with van der Waals surface area (Å²) in [7, 11) is 0. The Morgan fingerprint density at radius 3 is 2.33 bits per heavy atom. The Hall–Kier alpha value is -0.690. The summed E-state index contributed by atoms with van der Waals surface area (Å²) >= 11 is 6.73. The average molecular weight is 309 g/mol. The van der Waals surface area contributed by atoms with Crippen LogP contribution in [0.3, 0.4) is 0 Å². The van der Waals surface area contributed by atoms with Gasteiger partial charge in [0.2, 0.25) is 0 Å². The third-order valence-corrected chi connectivity index (χ3v) is 5.39. The molecule has 2 heteroatoms. The van der Waals surface area contributed by atoms with Gasteiger partial charge in [-0.15, -0.1) is 11.6 Å². The largest absolute Gasteiger partial charge is 0.494 e. The Labute approximate surface area is 135 Å². The molecule has 0 radical (unpaired) electrons. The topological polar surface area (TPSA) is 9.23 Å². The van der Waals surface area contributed by atoms with Crippen LogP contribution in [0.25, 0.3) is 0 Å². The quantitative estimate of drug-likeness (QED) is 0.532. The lowest BCUT2D eigenvalue weighted by molar-refractivity contribution is 0.254. The van der Waals surface area contributed by atoms with Crippen LogP contribution >= 0.6 is 11.6 Å². The van der Waals surface area contributed by atoms with E-state index in [1.807, 2.05) is 19.1 Å². The summed E-state index contributed by atoms with van der Waals surface area (Å²) in [5.74, 6) is 2.53. The maximum Gasteiger partial charge on any atom is 0.119 e. The van der Waals surface area contributed by atoms with Crippen LogP contribution in [0.4, 0.5) is 0 Å². The SMILES string of the molecule is CCCCC1CCC(C(Cl)c2ccc(OCC)cc2)CC1. The van der Waals surface area contributed by atoms with Crippen molar-refractivity contribution < 1.29 is 4.74 Å². The van der Waals surface area contributed by atoms with Gasteiger partial charge in [0, 0.05) is 0 Å². The van der Waals surface area contributed by atoms with E-state index in [4.69, 9.17) is 16.3 Å². The number of benzene rings is 1. The smallest absolute Gasteiger partial charge is 0.119 e. The zero-order valence-corrected chi connectivity index (χ0v) is 14.2. The highest BCUT2D eigenvalue weighted by Crippen LogP contribution is 2.41. The van der Waals surface area contributed by atoms with Gasteiger partial charge in [-0.05, 0) is 49.3 Å². The van der Waals surface area contributed by atoms with E-state index < -0.39 is 0 Å². The lowest BCUT2D eigenvalue weighted by Crippen LogP contribution is -2.18. The van der Waals surface area contributed by atoms with Gasteiger partial charge in [0.25, 0.3) is 0 Å². The molecular weight excluding hydrogens is 280 g/mol. The summed E-state index contributed by atoms with van der Waals surface area (Å²) in [6, 6.07) is 8.35. The molecule has 118 valence electrons. The number of unbranched alkanes of at least 4 members (excludes halogenated alkanes) is 1. The second-order valence-electron chi connectivity index (χ2n) is 6.33. The molecule has 1 saturated carbocycles. The maximum absolute atomic E-state index is 6.73. The summed E-state index contributed by atoms with van der Waals surface area (Å²) in [5.41, 5.74) is 1.25. The van der Waals surface area contributed by atoms with Crippen LogP contribution in [0.15, 0.2) is 24.3 Å². The van der Waals surface area contributed by atoms with Crippen LogP contribution in [0, 0.1) is 11.8 Å². The van der Waals surface area contributed by atoms with Crippen molar-refractivity contribution in [1.82, 2.24) is 0 Å². The van der Waals surface area contributed by atoms with E-state index in [1.54, 1.807) is 0 Å². The molecule has 1 nitrogen and oxygen atoms in total. The third kappa shape index (κ3) is 4.92. The zero-order chi connectivity index (χ0) is 15.1. The van der Waals surface area contributed by atoms with E-state index in [0.29, 0.717) is 12.5 Å². The molecule has 1 unspecified atom stereocenters. The predicted octanol–water partition coefficient (Wildman–Crippen LogP) is 6.36. The van der Waals surface area contributed by atoms with Gasteiger partial charge in [-0.3, -0.25) is 0 Å². The summed E-state index contributed by atoms with van der Waals surface area (Å²) < 4.78 is 5.49. The fraction of sp³-hybridized carbons (Fsp3) is 0.684. The van der Waals surface area contributed by atoms with Crippen molar-refractivity contribution in [2.24, 2.45) is 11.8 Å². The van der Waals surface area contributed by atoms with Gasteiger partial charge in [0.05, 0.1) is 12.0 Å². The number of hydrogen-bond acceptors (Lipinski definition) is 1. The molecule has 1 aliphatic rings. The molecule has 0 aromatic heterocycles. The molecule has 0 spiro atoms. The second-order valence-corrected chi connectivity index (χ2v) is 6.80. The first-order valence-electron chi connectivity index (χ1n) is 8.61. The summed E-state index contributed by atoms with van der Waals surface area (Å²) in [5, 5.41) is 0.160. The van der Waals surface area contributed by atoms with Crippen molar-refractivity contribution in [2.75, 3.05) is 6.61 Å². The van der Waals surface area contributed by atoms with Gasteiger partial charge in [-0.2, -0.15) is 0 Å². The molecule has 0 saturated heterocycles. The minimum Gasteiger partial charge on any atom is -0.494 e. The Bertz CT molecular complexity index is 393. The van der Waals surface area contributed by atoms with Crippen LogP contribution < -0.4 is 4.74 Å². The van der Waals surface area contributed by atoms with Gasteiger partial charge in [-0.1, -0.05) is 51.2 Å². The van der Waals surface area contributed by atoms with Crippen molar-refractivity contribution in [3.63, 3.8) is 0 Å². The van der Waals surface area contributed by atoms with Gasteiger partial charge < -0.3 is 4.74 Å². The fourth-order valence-electron chi connectivity index (χ4n) is 3.45. The summed E-state index contributed by atoms with van der Waals surface area (Å²) in [6.07, 6.45) is 9.43. The van der Waals surface area contributed by atoms with E-state index in [0.717, 1.165) is 11.7 Å². The van der Waals surface area contributed by atoms with Gasteiger partial charge in [0.1, 0.15) is 5.75 Å². The van der Waals surface area contributed by atoms with Crippen LogP contribution in [0.5, 0.6) is 5.75 Å². The molecule has 1 aromatic carbocycles. The van der Waals surface area contributed by atoms with Crippen molar-refractivity contribution in [2.45, 2.75) is 64.2 Å². The summed E-state index contributed by atoms with van der Waals surface area (Å²) in [4.78, 5) is 0. The standard InChI is InChI=1S/C19H29ClO/c1-3-5-6-15-7-9-16(10-8-15)19(20)17-11-13-18(14-12-17)21-4-2/h11-16,19H,3-10H2,1-2H3. The molecule has 21 heavy (non-hydrogen) atoms. The average Bonchev–Trinajstić information content (AvgIpc) is 2.54. The first kappa shape index (κ1) is 16.7. The molecule has 1 atom stereocenters. The highest BCUT2D eigenvalue weighted by molar-refractivity contribution is 6.21. The van der Waals surface area contributed by atoms with Gasteiger partial charge in [-0.25, -0.2) is 0 Å². The zero-order valence-electron chi connectivity index (χ0n) is 13.5. The molecule has 0 bridgehead atoms. The van der Waals surface area contributed by atoms with Gasteiger partial charge >= 0.3 is 0 Å². The Morgan fingerprint density at radius 1 is 1.10 bits per heavy atom. The molecule has 0 N–H and O–H groups in total. The Morgan fingerprint density at radius 2 is 1.76 bits per heavy atom. The monoisotopic (exact) mass is 308 g/mol. The van der Waals surface area contributed by atoms with E-state index in [1.165, 1.54) is 50.5 Å². The Kier molecular flexibility index (Phi) is 6.89. The number of rotatable bonds is 7. The van der Waals surface area contributed by atoms with E-state index in [9.17, 15) is 0 Å². The summed E-state index contributed by atoms with van der Waals surface area (Å²) in [6.45, 7) is 5.01. The fourth-order valence-corrected chi connectivity index (χ4v) is 3.85. The van der Waals surface area contributed by atoms with Crippen molar-refractivity contribution >= 4 is 11.6 Å². The van der Waals surface area contributed by atoms with Crippen molar-refractivity contribution in [3.05, 3.63) is 29.8 Å². The first-order chi connectivity index (χ1) is 10.2. The first-order valence-corrected chi connectivity index (χ1v) is 9.05. The van der Waals surface area contributed by atoms with Crippen molar-refractivity contribution in [3.8, 4) is 5.75 Å². The second kappa shape index (κ2) is 8.68. The molecule has 0 heterocycles. The van der Waals surface area contributed by atoms with E-state index in [-0.39, 0.29) is 5.38 Å². The molecule has 2 rings (SSSR count). The minimum absolute atomic E-state index is 0.160. The molecule has 0 amide bonds. The van der Waals surface area contributed by atoms with Crippen LogP contribution in [0.1, 0.15) is 69.7 Å². The molecule has 1 aliphatic carbocycles. The molecule has 0 aliphatic heterocycles. The van der Waals surface area contributed by atoms with Crippen molar-refractivity contribution in [1.29, 1.82) is 0 Å². The minimum atomic E-state index is 0.160. The number of halogens is 1. The molecular formula is C19H29ClO. The Balaban J connectivity index is 1.84. The number of hydrogen-bond donors (Lipinski definition) is 0. The normalized spacial score (nSPS) is 23.8. The third-order valence-electron chi connectivity index (χ3n) is 4.78. The lowest BCUT2D eigenvalue weighted by Gasteiger charge is -2.31. The van der Waals surface area contributed by atoms with Gasteiger partial charge in [0.15, 0.2) is 0 Å².